The molecule has 0 spiro atoms. The van der Waals surface area contributed by atoms with E-state index >= 15 is 0 Å². The summed E-state index contributed by atoms with van der Waals surface area (Å²) in [6, 6.07) is 12.1. The number of pyridine rings is 1. The van der Waals surface area contributed by atoms with Crippen LogP contribution < -0.4 is 5.32 Å². The molecule has 1 aromatic heterocycles. The summed E-state index contributed by atoms with van der Waals surface area (Å²) in [5, 5.41) is 4.76. The molecule has 1 heterocycles. The van der Waals surface area contributed by atoms with Crippen molar-refractivity contribution in [1.82, 2.24) is 10.3 Å². The average molecular weight is 309 g/mol. The van der Waals surface area contributed by atoms with Crippen molar-refractivity contribution in [2.24, 2.45) is 0 Å². The minimum Gasteiger partial charge on any atom is -0.302 e. The van der Waals surface area contributed by atoms with E-state index in [-0.39, 0.29) is 12.1 Å². The lowest BCUT2D eigenvalue weighted by molar-refractivity contribution is 0.450. The summed E-state index contributed by atoms with van der Waals surface area (Å²) in [7, 11) is 0. The van der Waals surface area contributed by atoms with Gasteiger partial charge in [0.1, 0.15) is 0 Å². The Morgan fingerprint density at radius 2 is 1.95 bits per heavy atom. The van der Waals surface area contributed by atoms with Crippen LogP contribution in [-0.2, 0) is 0 Å². The zero-order valence-electron chi connectivity index (χ0n) is 11.6. The van der Waals surface area contributed by atoms with Crippen LogP contribution in [0.15, 0.2) is 42.6 Å². The highest BCUT2D eigenvalue weighted by molar-refractivity contribution is 6.42. The first-order valence-electron chi connectivity index (χ1n) is 6.73. The van der Waals surface area contributed by atoms with Gasteiger partial charge in [-0.05, 0) is 43.2 Å². The predicted octanol–water partition coefficient (Wildman–Crippen LogP) is 5.19. The molecule has 0 aliphatic rings. The van der Waals surface area contributed by atoms with Crippen molar-refractivity contribution in [2.45, 2.75) is 32.4 Å². The molecule has 0 fully saturated rings. The van der Waals surface area contributed by atoms with Crippen molar-refractivity contribution in [3.63, 3.8) is 0 Å². The number of nitrogens with one attached hydrogen (secondary N) is 1. The van der Waals surface area contributed by atoms with Crippen molar-refractivity contribution >= 4 is 23.2 Å². The van der Waals surface area contributed by atoms with E-state index in [1.165, 1.54) is 0 Å². The molecule has 0 amide bonds. The van der Waals surface area contributed by atoms with Gasteiger partial charge in [-0.2, -0.15) is 0 Å². The monoisotopic (exact) mass is 308 g/mol. The lowest BCUT2D eigenvalue weighted by atomic mass is 10.0. The number of nitrogens with zero attached hydrogens (tertiary/aromatic N) is 1. The Balaban J connectivity index is 2.14. The molecule has 2 rings (SSSR count). The third-order valence-corrected chi connectivity index (χ3v) is 4.08. The number of hydrogen-bond donors (Lipinski definition) is 1. The molecule has 0 aliphatic heterocycles. The van der Waals surface area contributed by atoms with E-state index in [9.17, 15) is 0 Å². The molecule has 0 aliphatic carbocycles. The van der Waals surface area contributed by atoms with Gasteiger partial charge in [-0.15, -0.1) is 0 Å². The molecule has 2 atom stereocenters. The molecule has 0 saturated heterocycles. The molecular formula is C16H18Cl2N2. The van der Waals surface area contributed by atoms with E-state index in [1.54, 1.807) is 0 Å². The quantitative estimate of drug-likeness (QED) is 0.822. The van der Waals surface area contributed by atoms with E-state index in [0.29, 0.717) is 10.0 Å². The summed E-state index contributed by atoms with van der Waals surface area (Å²) in [4.78, 5) is 4.38. The standard InChI is InChI=1S/C16H18Cl2N2/c1-3-15(12-7-8-13(17)14(18)10-12)20-11(2)16-6-4-5-9-19-16/h4-11,15,20H,3H2,1-2H3/t11-,15?/m0/s1. The van der Waals surface area contributed by atoms with E-state index < -0.39 is 0 Å². The molecule has 0 bridgehead atoms. The van der Waals surface area contributed by atoms with Crippen molar-refractivity contribution in [3.05, 3.63) is 63.9 Å². The Kier molecular flexibility index (Phi) is 5.41. The number of halogens is 2. The Morgan fingerprint density at radius 3 is 2.55 bits per heavy atom. The van der Waals surface area contributed by atoms with Crippen molar-refractivity contribution in [1.29, 1.82) is 0 Å². The molecule has 106 valence electrons. The van der Waals surface area contributed by atoms with Crippen molar-refractivity contribution in [2.75, 3.05) is 0 Å². The first-order valence-corrected chi connectivity index (χ1v) is 7.49. The molecule has 1 unspecified atom stereocenters. The summed E-state index contributed by atoms with van der Waals surface area (Å²) < 4.78 is 0. The van der Waals surface area contributed by atoms with Gasteiger partial charge < -0.3 is 5.32 Å². The van der Waals surface area contributed by atoms with Crippen LogP contribution in [0.4, 0.5) is 0 Å². The fourth-order valence-corrected chi connectivity index (χ4v) is 2.50. The first kappa shape index (κ1) is 15.3. The molecule has 20 heavy (non-hydrogen) atoms. The lowest BCUT2D eigenvalue weighted by Gasteiger charge is -2.22. The van der Waals surface area contributed by atoms with Crippen LogP contribution in [0.1, 0.15) is 43.6 Å². The van der Waals surface area contributed by atoms with Crippen LogP contribution in [0.25, 0.3) is 0 Å². The van der Waals surface area contributed by atoms with Gasteiger partial charge in [-0.1, -0.05) is 42.3 Å². The Bertz CT molecular complexity index is 558. The molecule has 2 aromatic rings. The zero-order valence-corrected chi connectivity index (χ0v) is 13.1. The lowest BCUT2D eigenvalue weighted by Crippen LogP contribution is -2.24. The van der Waals surface area contributed by atoms with Crippen LogP contribution in [-0.4, -0.2) is 4.98 Å². The topological polar surface area (TPSA) is 24.9 Å². The predicted molar refractivity (Wildman–Crippen MR) is 85.3 cm³/mol. The smallest absolute Gasteiger partial charge is 0.0595 e. The number of benzene rings is 1. The third-order valence-electron chi connectivity index (χ3n) is 3.34. The van der Waals surface area contributed by atoms with E-state index in [1.807, 2.05) is 42.6 Å². The third kappa shape index (κ3) is 3.72. The molecular weight excluding hydrogens is 291 g/mol. The van der Waals surface area contributed by atoms with Gasteiger partial charge in [0.05, 0.1) is 15.7 Å². The maximum Gasteiger partial charge on any atom is 0.0595 e. The van der Waals surface area contributed by atoms with Gasteiger partial charge >= 0.3 is 0 Å². The summed E-state index contributed by atoms with van der Waals surface area (Å²) in [6.45, 7) is 4.26. The fourth-order valence-electron chi connectivity index (χ4n) is 2.20. The van der Waals surface area contributed by atoms with E-state index in [4.69, 9.17) is 23.2 Å². The Labute approximate surface area is 130 Å². The van der Waals surface area contributed by atoms with Crippen LogP contribution in [0.5, 0.6) is 0 Å². The normalized spacial score (nSPS) is 14.0. The largest absolute Gasteiger partial charge is 0.302 e. The fraction of sp³-hybridized carbons (Fsp3) is 0.312. The van der Waals surface area contributed by atoms with Gasteiger partial charge in [0, 0.05) is 18.3 Å². The number of rotatable bonds is 5. The summed E-state index contributed by atoms with van der Waals surface area (Å²) in [6.07, 6.45) is 2.78. The SMILES string of the molecule is CCC(N[C@@H](C)c1ccccn1)c1ccc(Cl)c(Cl)c1. The number of aromatic nitrogens is 1. The molecule has 1 aromatic carbocycles. The van der Waals surface area contributed by atoms with Crippen LogP contribution >= 0.6 is 23.2 Å². The molecule has 0 saturated carbocycles. The Hall–Kier alpha value is -1.09. The van der Waals surface area contributed by atoms with Crippen molar-refractivity contribution < 1.29 is 0 Å². The van der Waals surface area contributed by atoms with Gasteiger partial charge in [0.25, 0.3) is 0 Å². The van der Waals surface area contributed by atoms with Gasteiger partial charge in [-0.3, -0.25) is 4.98 Å². The van der Waals surface area contributed by atoms with Crippen LogP contribution in [0, 0.1) is 0 Å². The molecule has 2 nitrogen and oxygen atoms in total. The molecule has 4 heteroatoms. The minimum atomic E-state index is 0.176. The summed E-state index contributed by atoms with van der Waals surface area (Å²) >= 11 is 12.1. The second-order valence-electron chi connectivity index (χ2n) is 4.78. The zero-order chi connectivity index (χ0) is 14.5. The van der Waals surface area contributed by atoms with E-state index in [0.717, 1.165) is 17.7 Å². The van der Waals surface area contributed by atoms with E-state index in [2.05, 4.69) is 24.1 Å². The highest BCUT2D eigenvalue weighted by atomic mass is 35.5. The second kappa shape index (κ2) is 7.07. The van der Waals surface area contributed by atoms with Crippen LogP contribution in [0.3, 0.4) is 0 Å². The summed E-state index contributed by atoms with van der Waals surface area (Å²) in [5.74, 6) is 0. The highest BCUT2D eigenvalue weighted by Crippen LogP contribution is 2.28. The second-order valence-corrected chi connectivity index (χ2v) is 5.59. The number of hydrogen-bond acceptors (Lipinski definition) is 2. The van der Waals surface area contributed by atoms with Gasteiger partial charge in [0.15, 0.2) is 0 Å². The minimum absolute atomic E-state index is 0.176. The summed E-state index contributed by atoms with van der Waals surface area (Å²) in [5.41, 5.74) is 2.18. The average Bonchev–Trinajstić information content (AvgIpc) is 2.48. The Morgan fingerprint density at radius 1 is 1.15 bits per heavy atom. The van der Waals surface area contributed by atoms with Crippen LogP contribution in [0.2, 0.25) is 10.0 Å². The highest BCUT2D eigenvalue weighted by Gasteiger charge is 2.15. The van der Waals surface area contributed by atoms with Crippen molar-refractivity contribution in [3.8, 4) is 0 Å². The first-order chi connectivity index (χ1) is 9.61. The molecule has 0 radical (unpaired) electrons. The maximum absolute atomic E-state index is 6.10. The molecule has 1 N–H and O–H groups in total. The van der Waals surface area contributed by atoms with Gasteiger partial charge in [-0.25, -0.2) is 0 Å². The van der Waals surface area contributed by atoms with Gasteiger partial charge in [0.2, 0.25) is 0 Å². The maximum atomic E-state index is 6.10.